The Kier molecular flexibility index (Phi) is 5.33. The van der Waals surface area contributed by atoms with Crippen LogP contribution in [0.5, 0.6) is 5.75 Å². The van der Waals surface area contributed by atoms with Crippen molar-refractivity contribution in [2.75, 3.05) is 13.2 Å². The standard InChI is InChI=1S/C15H22ClNO/c1-2-12-11-14(6-7-15(12)16)18-10-8-13-5-3-4-9-17-13/h6-7,11,13,17H,2-5,8-10H2,1H3/t13-/m0/s1. The summed E-state index contributed by atoms with van der Waals surface area (Å²) in [5.41, 5.74) is 1.16. The molecule has 1 aliphatic heterocycles. The maximum absolute atomic E-state index is 6.09. The molecule has 1 N–H and O–H groups in total. The molecule has 1 atom stereocenters. The van der Waals surface area contributed by atoms with Crippen LogP contribution in [-0.4, -0.2) is 19.2 Å². The predicted octanol–water partition coefficient (Wildman–Crippen LogP) is 3.81. The van der Waals surface area contributed by atoms with E-state index in [4.69, 9.17) is 16.3 Å². The molecular weight excluding hydrogens is 246 g/mol. The predicted molar refractivity (Wildman–Crippen MR) is 76.6 cm³/mol. The number of ether oxygens (including phenoxy) is 1. The molecular formula is C15H22ClNO. The molecule has 2 nitrogen and oxygen atoms in total. The maximum atomic E-state index is 6.09. The van der Waals surface area contributed by atoms with Crippen LogP contribution in [0.3, 0.4) is 0 Å². The second-order valence-corrected chi connectivity index (χ2v) is 5.30. The maximum Gasteiger partial charge on any atom is 0.119 e. The molecule has 0 aromatic heterocycles. The van der Waals surface area contributed by atoms with Crippen LogP contribution in [0.25, 0.3) is 0 Å². The van der Waals surface area contributed by atoms with Gasteiger partial charge in [-0.3, -0.25) is 0 Å². The Labute approximate surface area is 115 Å². The molecule has 1 aliphatic rings. The first-order valence-corrected chi connectivity index (χ1v) is 7.32. The van der Waals surface area contributed by atoms with Crippen LogP contribution in [-0.2, 0) is 6.42 Å². The lowest BCUT2D eigenvalue weighted by Gasteiger charge is -2.23. The van der Waals surface area contributed by atoms with Crippen molar-refractivity contribution in [3.8, 4) is 5.75 Å². The minimum atomic E-state index is 0.636. The summed E-state index contributed by atoms with van der Waals surface area (Å²) in [5, 5.41) is 4.37. The third-order valence-electron chi connectivity index (χ3n) is 3.55. The second-order valence-electron chi connectivity index (χ2n) is 4.89. The zero-order valence-corrected chi connectivity index (χ0v) is 11.8. The van der Waals surface area contributed by atoms with Gasteiger partial charge in [0.25, 0.3) is 0 Å². The quantitative estimate of drug-likeness (QED) is 0.876. The molecule has 1 heterocycles. The van der Waals surface area contributed by atoms with Crippen LogP contribution < -0.4 is 10.1 Å². The summed E-state index contributed by atoms with van der Waals surface area (Å²) >= 11 is 6.09. The van der Waals surface area contributed by atoms with Crippen LogP contribution >= 0.6 is 11.6 Å². The van der Waals surface area contributed by atoms with Crippen molar-refractivity contribution in [1.29, 1.82) is 0 Å². The van der Waals surface area contributed by atoms with Crippen molar-refractivity contribution in [3.63, 3.8) is 0 Å². The smallest absolute Gasteiger partial charge is 0.119 e. The Hall–Kier alpha value is -0.730. The normalized spacial score (nSPS) is 19.8. The van der Waals surface area contributed by atoms with Crippen LogP contribution in [0.2, 0.25) is 5.02 Å². The lowest BCUT2D eigenvalue weighted by molar-refractivity contribution is 0.268. The molecule has 0 unspecified atom stereocenters. The number of hydrogen-bond acceptors (Lipinski definition) is 2. The highest BCUT2D eigenvalue weighted by Crippen LogP contribution is 2.22. The zero-order chi connectivity index (χ0) is 12.8. The van der Waals surface area contributed by atoms with E-state index in [9.17, 15) is 0 Å². The highest BCUT2D eigenvalue weighted by molar-refractivity contribution is 6.31. The highest BCUT2D eigenvalue weighted by Gasteiger charge is 2.12. The van der Waals surface area contributed by atoms with E-state index in [1.807, 2.05) is 12.1 Å². The van der Waals surface area contributed by atoms with E-state index in [0.29, 0.717) is 6.04 Å². The van der Waals surface area contributed by atoms with E-state index in [-0.39, 0.29) is 0 Å². The average molecular weight is 268 g/mol. The van der Waals surface area contributed by atoms with Crippen LogP contribution in [0.1, 0.15) is 38.2 Å². The van der Waals surface area contributed by atoms with Gasteiger partial charge in [0, 0.05) is 11.1 Å². The van der Waals surface area contributed by atoms with E-state index in [0.717, 1.165) is 42.3 Å². The van der Waals surface area contributed by atoms with Gasteiger partial charge in [0.15, 0.2) is 0 Å². The Morgan fingerprint density at radius 1 is 1.39 bits per heavy atom. The van der Waals surface area contributed by atoms with E-state index in [1.165, 1.54) is 19.3 Å². The Bertz CT molecular complexity index is 375. The molecule has 3 heteroatoms. The number of hydrogen-bond donors (Lipinski definition) is 1. The molecule has 2 rings (SSSR count). The number of benzene rings is 1. The Morgan fingerprint density at radius 3 is 3.00 bits per heavy atom. The van der Waals surface area contributed by atoms with Gasteiger partial charge < -0.3 is 10.1 Å². The van der Waals surface area contributed by atoms with Gasteiger partial charge in [-0.2, -0.15) is 0 Å². The topological polar surface area (TPSA) is 21.3 Å². The SMILES string of the molecule is CCc1cc(OCC[C@@H]2CCCCN2)ccc1Cl. The Balaban J connectivity index is 1.79. The molecule has 1 saturated heterocycles. The van der Waals surface area contributed by atoms with Gasteiger partial charge in [0.1, 0.15) is 5.75 Å². The first-order chi connectivity index (χ1) is 8.79. The minimum Gasteiger partial charge on any atom is -0.494 e. The van der Waals surface area contributed by atoms with Gasteiger partial charge in [-0.25, -0.2) is 0 Å². The zero-order valence-electron chi connectivity index (χ0n) is 11.0. The van der Waals surface area contributed by atoms with Gasteiger partial charge in [0.2, 0.25) is 0 Å². The fourth-order valence-corrected chi connectivity index (χ4v) is 2.65. The molecule has 100 valence electrons. The second kappa shape index (κ2) is 7.01. The van der Waals surface area contributed by atoms with Gasteiger partial charge >= 0.3 is 0 Å². The monoisotopic (exact) mass is 267 g/mol. The summed E-state index contributed by atoms with van der Waals surface area (Å²) in [6.45, 7) is 4.05. The van der Waals surface area contributed by atoms with Gasteiger partial charge in [-0.1, -0.05) is 24.9 Å². The summed E-state index contributed by atoms with van der Waals surface area (Å²) in [7, 11) is 0. The first-order valence-electron chi connectivity index (χ1n) is 6.94. The van der Waals surface area contributed by atoms with Gasteiger partial charge in [-0.05, 0) is 56.0 Å². The average Bonchev–Trinajstić information content (AvgIpc) is 2.42. The third kappa shape index (κ3) is 3.89. The van der Waals surface area contributed by atoms with E-state index in [2.05, 4.69) is 18.3 Å². The molecule has 0 bridgehead atoms. The van der Waals surface area contributed by atoms with Gasteiger partial charge in [0.05, 0.1) is 6.61 Å². The molecule has 1 fully saturated rings. The first kappa shape index (κ1) is 13.7. The lowest BCUT2D eigenvalue weighted by Crippen LogP contribution is -2.35. The number of halogens is 1. The summed E-state index contributed by atoms with van der Waals surface area (Å²) in [6, 6.07) is 6.57. The molecule has 1 aromatic rings. The van der Waals surface area contributed by atoms with Crippen molar-refractivity contribution in [2.24, 2.45) is 0 Å². The molecule has 0 spiro atoms. The molecule has 1 aromatic carbocycles. The van der Waals surface area contributed by atoms with Crippen molar-refractivity contribution in [1.82, 2.24) is 5.32 Å². The van der Waals surface area contributed by atoms with Gasteiger partial charge in [-0.15, -0.1) is 0 Å². The number of piperidine rings is 1. The largest absolute Gasteiger partial charge is 0.494 e. The number of rotatable bonds is 5. The molecule has 18 heavy (non-hydrogen) atoms. The number of aryl methyl sites for hydroxylation is 1. The Morgan fingerprint density at radius 2 is 2.28 bits per heavy atom. The molecule has 0 saturated carbocycles. The summed E-state index contributed by atoms with van der Waals surface area (Å²) in [6.07, 6.45) is 5.97. The van der Waals surface area contributed by atoms with Crippen molar-refractivity contribution >= 4 is 11.6 Å². The van der Waals surface area contributed by atoms with Crippen LogP contribution in [0.4, 0.5) is 0 Å². The summed E-state index contributed by atoms with van der Waals surface area (Å²) in [4.78, 5) is 0. The van der Waals surface area contributed by atoms with Crippen LogP contribution in [0.15, 0.2) is 18.2 Å². The molecule has 0 aliphatic carbocycles. The third-order valence-corrected chi connectivity index (χ3v) is 3.91. The van der Waals surface area contributed by atoms with Crippen LogP contribution in [0, 0.1) is 0 Å². The van der Waals surface area contributed by atoms with Crippen molar-refractivity contribution in [3.05, 3.63) is 28.8 Å². The van der Waals surface area contributed by atoms with Crippen molar-refractivity contribution in [2.45, 2.75) is 45.1 Å². The molecule has 0 radical (unpaired) electrons. The van der Waals surface area contributed by atoms with E-state index in [1.54, 1.807) is 0 Å². The highest BCUT2D eigenvalue weighted by atomic mass is 35.5. The fourth-order valence-electron chi connectivity index (χ4n) is 2.40. The fraction of sp³-hybridized carbons (Fsp3) is 0.600. The molecule has 0 amide bonds. The minimum absolute atomic E-state index is 0.636. The van der Waals surface area contributed by atoms with E-state index >= 15 is 0 Å². The summed E-state index contributed by atoms with van der Waals surface area (Å²) < 4.78 is 5.81. The van der Waals surface area contributed by atoms with E-state index < -0.39 is 0 Å². The number of nitrogens with one attached hydrogen (secondary N) is 1. The van der Waals surface area contributed by atoms with Crippen molar-refractivity contribution < 1.29 is 4.74 Å². The summed E-state index contributed by atoms with van der Waals surface area (Å²) in [5.74, 6) is 0.937. The lowest BCUT2D eigenvalue weighted by atomic mass is 10.0.